The van der Waals surface area contributed by atoms with Crippen LogP contribution in [0.4, 0.5) is 0 Å². The van der Waals surface area contributed by atoms with Crippen LogP contribution in [0.1, 0.15) is 156 Å². The van der Waals surface area contributed by atoms with Gasteiger partial charge in [-0.15, -0.1) is 12.6 Å². The summed E-state index contributed by atoms with van der Waals surface area (Å²) in [6.07, 6.45) is 24.3. The third-order valence-electron chi connectivity index (χ3n) is 6.36. The minimum Gasteiger partial charge on any atom is -0.464 e. The van der Waals surface area contributed by atoms with Gasteiger partial charge in [0.1, 0.15) is 0 Å². The Hall–Kier alpha value is -0.710. The maximum atomic E-state index is 12.5. The quantitative estimate of drug-likeness (QED) is 0.0623. The van der Waals surface area contributed by atoms with Crippen molar-refractivity contribution in [3.05, 3.63) is 0 Å². The lowest BCUT2D eigenvalue weighted by Gasteiger charge is -2.27. The van der Waals surface area contributed by atoms with E-state index in [1.54, 1.807) is 6.92 Å². The van der Waals surface area contributed by atoms with Gasteiger partial charge in [-0.1, -0.05) is 123 Å². The second-order valence-electron chi connectivity index (χ2n) is 9.64. The number of thiol groups is 1. The Balaban J connectivity index is 4.08. The van der Waals surface area contributed by atoms with Crippen LogP contribution in [0.2, 0.25) is 0 Å². The van der Waals surface area contributed by atoms with E-state index >= 15 is 0 Å². The van der Waals surface area contributed by atoms with E-state index in [2.05, 4.69) is 31.8 Å². The van der Waals surface area contributed by atoms with Crippen LogP contribution in [0.3, 0.4) is 0 Å². The van der Waals surface area contributed by atoms with Crippen molar-refractivity contribution >= 4 is 24.5 Å². The Morgan fingerprint density at radius 2 is 1.03 bits per heavy atom. The van der Waals surface area contributed by atoms with Crippen LogP contribution >= 0.6 is 12.6 Å². The first-order chi connectivity index (χ1) is 16.0. The molecule has 0 fully saturated rings. The van der Waals surface area contributed by atoms with Gasteiger partial charge in [0, 0.05) is 6.42 Å². The summed E-state index contributed by atoms with van der Waals surface area (Å²) in [5, 5.41) is 2.88. The van der Waals surface area contributed by atoms with Crippen LogP contribution in [0.25, 0.3) is 0 Å². The lowest BCUT2D eigenvalue weighted by atomic mass is 10.0. The molecule has 0 saturated carbocycles. The molecule has 4 nitrogen and oxygen atoms in total. The Morgan fingerprint density at radius 1 is 0.636 bits per heavy atom. The van der Waals surface area contributed by atoms with E-state index in [0.717, 1.165) is 25.7 Å². The van der Waals surface area contributed by atoms with Crippen LogP contribution in [0, 0.1) is 0 Å². The average molecular weight is 486 g/mol. The highest BCUT2D eigenvalue weighted by Gasteiger charge is 2.37. The van der Waals surface area contributed by atoms with E-state index in [9.17, 15) is 9.59 Å². The van der Waals surface area contributed by atoms with Crippen LogP contribution in [-0.4, -0.2) is 23.4 Å². The minimum atomic E-state index is -1.20. The van der Waals surface area contributed by atoms with Gasteiger partial charge < -0.3 is 10.1 Å². The SMILES string of the molecule is CCCCCCCCCCCCCC(S)(NC(=O)CCCCCCCCCC)C(=O)OCC. The minimum absolute atomic E-state index is 0.0906. The Bertz CT molecular complexity index is 472. The lowest BCUT2D eigenvalue weighted by Crippen LogP contribution is -2.51. The Labute approximate surface area is 211 Å². The fourth-order valence-corrected chi connectivity index (χ4v) is 4.57. The number of amides is 1. The van der Waals surface area contributed by atoms with Crippen molar-refractivity contribution in [2.24, 2.45) is 0 Å². The topological polar surface area (TPSA) is 55.4 Å². The number of esters is 1. The molecule has 33 heavy (non-hydrogen) atoms. The van der Waals surface area contributed by atoms with E-state index in [1.165, 1.54) is 96.3 Å². The summed E-state index contributed by atoms with van der Waals surface area (Å²) < 4.78 is 5.22. The van der Waals surface area contributed by atoms with Crippen LogP contribution in [0.5, 0.6) is 0 Å². The molecule has 0 rings (SSSR count). The third-order valence-corrected chi connectivity index (χ3v) is 6.88. The lowest BCUT2D eigenvalue weighted by molar-refractivity contribution is -0.149. The van der Waals surface area contributed by atoms with E-state index in [1.807, 2.05) is 0 Å². The zero-order chi connectivity index (χ0) is 24.6. The monoisotopic (exact) mass is 485 g/mol. The van der Waals surface area contributed by atoms with E-state index in [-0.39, 0.29) is 5.91 Å². The van der Waals surface area contributed by atoms with Crippen molar-refractivity contribution in [3.8, 4) is 0 Å². The maximum absolute atomic E-state index is 12.5. The van der Waals surface area contributed by atoms with Crippen LogP contribution in [0.15, 0.2) is 0 Å². The van der Waals surface area contributed by atoms with Gasteiger partial charge in [-0.3, -0.25) is 4.79 Å². The summed E-state index contributed by atoms with van der Waals surface area (Å²) in [5.41, 5.74) is 0. The summed E-state index contributed by atoms with van der Waals surface area (Å²) >= 11 is 4.59. The zero-order valence-electron chi connectivity index (χ0n) is 22.2. The van der Waals surface area contributed by atoms with Crippen molar-refractivity contribution in [1.82, 2.24) is 5.32 Å². The van der Waals surface area contributed by atoms with Gasteiger partial charge in [0.2, 0.25) is 5.91 Å². The molecule has 0 aliphatic rings. The Morgan fingerprint density at radius 3 is 1.45 bits per heavy atom. The third kappa shape index (κ3) is 19.3. The van der Waals surface area contributed by atoms with Gasteiger partial charge in [-0.2, -0.15) is 0 Å². The highest BCUT2D eigenvalue weighted by atomic mass is 32.1. The number of carbonyl (C=O) groups excluding carboxylic acids is 2. The largest absolute Gasteiger partial charge is 0.464 e. The molecule has 1 atom stereocenters. The predicted molar refractivity (Wildman–Crippen MR) is 145 cm³/mol. The molecule has 0 heterocycles. The first-order valence-corrected chi connectivity index (χ1v) is 14.7. The molecular weight excluding hydrogens is 430 g/mol. The molecule has 1 N–H and O–H groups in total. The number of unbranched alkanes of at least 4 members (excludes halogenated alkanes) is 17. The van der Waals surface area contributed by atoms with E-state index < -0.39 is 10.8 Å². The van der Waals surface area contributed by atoms with Crippen LogP contribution < -0.4 is 5.32 Å². The van der Waals surface area contributed by atoms with Crippen molar-refractivity contribution in [2.45, 2.75) is 160 Å². The number of carbonyl (C=O) groups is 2. The second kappa shape index (κ2) is 23.1. The van der Waals surface area contributed by atoms with Gasteiger partial charge in [-0.25, -0.2) is 4.79 Å². The van der Waals surface area contributed by atoms with Gasteiger partial charge >= 0.3 is 5.97 Å². The number of rotatable bonds is 24. The molecule has 0 bridgehead atoms. The van der Waals surface area contributed by atoms with Crippen molar-refractivity contribution < 1.29 is 14.3 Å². The van der Waals surface area contributed by atoms with E-state index in [0.29, 0.717) is 19.4 Å². The first kappa shape index (κ1) is 32.3. The highest BCUT2D eigenvalue weighted by Crippen LogP contribution is 2.23. The smallest absolute Gasteiger partial charge is 0.342 e. The molecule has 1 unspecified atom stereocenters. The summed E-state index contributed by atoms with van der Waals surface area (Å²) in [6, 6.07) is 0. The number of nitrogens with one attached hydrogen (secondary N) is 1. The molecular formula is C28H55NO3S. The molecule has 0 aromatic rings. The van der Waals surface area contributed by atoms with Gasteiger partial charge in [0.25, 0.3) is 0 Å². The van der Waals surface area contributed by atoms with Gasteiger partial charge in [0.15, 0.2) is 4.87 Å². The first-order valence-electron chi connectivity index (χ1n) is 14.2. The van der Waals surface area contributed by atoms with Crippen molar-refractivity contribution in [3.63, 3.8) is 0 Å². The number of hydrogen-bond acceptors (Lipinski definition) is 4. The van der Waals surface area contributed by atoms with E-state index in [4.69, 9.17) is 4.74 Å². The van der Waals surface area contributed by atoms with Gasteiger partial charge in [0.05, 0.1) is 6.61 Å². The molecule has 0 spiro atoms. The molecule has 1 amide bonds. The zero-order valence-corrected chi connectivity index (χ0v) is 23.1. The molecule has 0 saturated heterocycles. The fourth-order valence-electron chi connectivity index (χ4n) is 4.22. The second-order valence-corrected chi connectivity index (χ2v) is 10.4. The molecule has 0 aliphatic heterocycles. The molecule has 196 valence electrons. The highest BCUT2D eigenvalue weighted by molar-refractivity contribution is 7.82. The number of ether oxygens (including phenoxy) is 1. The molecule has 0 aliphatic carbocycles. The number of hydrogen-bond donors (Lipinski definition) is 2. The molecule has 5 heteroatoms. The standard InChI is InChI=1S/C28H55NO3S/c1-4-7-9-11-13-15-16-17-19-21-23-25-28(33,27(31)32-6-3)29-26(30)24-22-20-18-14-12-10-8-5-2/h33H,4-25H2,1-3H3,(H,29,30). The molecule has 0 aromatic heterocycles. The average Bonchev–Trinajstić information content (AvgIpc) is 2.79. The summed E-state index contributed by atoms with van der Waals surface area (Å²) in [7, 11) is 0. The van der Waals surface area contributed by atoms with Crippen molar-refractivity contribution in [2.75, 3.05) is 6.61 Å². The molecule has 0 radical (unpaired) electrons. The molecule has 0 aromatic carbocycles. The van der Waals surface area contributed by atoms with Crippen molar-refractivity contribution in [1.29, 1.82) is 0 Å². The van der Waals surface area contributed by atoms with Crippen LogP contribution in [-0.2, 0) is 14.3 Å². The Kier molecular flexibility index (Phi) is 22.6. The van der Waals surface area contributed by atoms with Gasteiger partial charge in [-0.05, 0) is 26.2 Å². The normalized spacial score (nSPS) is 13.0. The summed E-state index contributed by atoms with van der Waals surface area (Å²) in [6.45, 7) is 6.57. The summed E-state index contributed by atoms with van der Waals surface area (Å²) in [5.74, 6) is -0.517. The fraction of sp³-hybridized carbons (Fsp3) is 0.929. The predicted octanol–water partition coefficient (Wildman–Crippen LogP) is 8.52. The summed E-state index contributed by atoms with van der Waals surface area (Å²) in [4.78, 5) is 23.8. The maximum Gasteiger partial charge on any atom is 0.342 e.